The summed E-state index contributed by atoms with van der Waals surface area (Å²) < 4.78 is 23.4. The van der Waals surface area contributed by atoms with E-state index in [1.165, 1.54) is 58.5 Å². The maximum atomic E-state index is 12.8. The van der Waals surface area contributed by atoms with Gasteiger partial charge in [-0.25, -0.2) is 4.79 Å². The molecule has 0 aliphatic carbocycles. The minimum Gasteiger partial charge on any atom is -0.462 e. The molecule has 0 fully saturated rings. The second-order valence-electron chi connectivity index (χ2n) is 7.01. The summed E-state index contributed by atoms with van der Waals surface area (Å²) in [5.74, 6) is -0.410. The minimum atomic E-state index is -2.99. The molecule has 0 aliphatic rings. The van der Waals surface area contributed by atoms with E-state index in [1.807, 2.05) is 0 Å². The number of hydrogen-bond acceptors (Lipinski definition) is 4. The van der Waals surface area contributed by atoms with Gasteiger partial charge < -0.3 is 9.26 Å². The number of carbonyl (C=O) groups excluding carboxylic acids is 1. The fourth-order valence-corrected chi connectivity index (χ4v) is 4.81. The molecule has 1 aromatic rings. The number of benzene rings is 1. The van der Waals surface area contributed by atoms with Crippen LogP contribution in [0.5, 0.6) is 0 Å². The Morgan fingerprint density at radius 3 is 2.00 bits per heavy atom. The van der Waals surface area contributed by atoms with Crippen molar-refractivity contribution in [2.24, 2.45) is 0 Å². The lowest BCUT2D eigenvalue weighted by atomic mass is 10.1. The molecular formula is C22H37O4P. The van der Waals surface area contributed by atoms with Crippen molar-refractivity contribution in [1.82, 2.24) is 0 Å². The molecule has 0 saturated carbocycles. The number of carbonyl (C=O) groups is 1. The smallest absolute Gasteiger partial charge is 0.338 e. The van der Waals surface area contributed by atoms with Crippen molar-refractivity contribution in [1.29, 1.82) is 0 Å². The van der Waals surface area contributed by atoms with Crippen LogP contribution in [0.15, 0.2) is 24.3 Å². The highest BCUT2D eigenvalue weighted by molar-refractivity contribution is 7.67. The first-order valence-corrected chi connectivity index (χ1v) is 12.3. The van der Waals surface area contributed by atoms with Crippen LogP contribution in [-0.4, -0.2) is 25.8 Å². The average molecular weight is 397 g/mol. The summed E-state index contributed by atoms with van der Waals surface area (Å²) in [6.07, 6.45) is 12.8. The van der Waals surface area contributed by atoms with E-state index in [0.717, 1.165) is 12.8 Å². The number of rotatable bonds is 15. The molecule has 0 bridgehead atoms. The Bertz CT molecular complexity index is 577. The van der Waals surface area contributed by atoms with Crippen LogP contribution in [0.4, 0.5) is 0 Å². The van der Waals surface area contributed by atoms with Gasteiger partial charge in [-0.15, -0.1) is 0 Å². The molecule has 4 nitrogen and oxygen atoms in total. The van der Waals surface area contributed by atoms with E-state index in [1.54, 1.807) is 31.2 Å². The van der Waals surface area contributed by atoms with E-state index in [4.69, 9.17) is 9.26 Å². The Balaban J connectivity index is 2.29. The van der Waals surface area contributed by atoms with Gasteiger partial charge in [-0.1, -0.05) is 83.8 Å². The van der Waals surface area contributed by atoms with Gasteiger partial charge in [0.25, 0.3) is 0 Å². The maximum absolute atomic E-state index is 12.8. The lowest BCUT2D eigenvalue weighted by Gasteiger charge is -2.17. The standard InChI is InChI=1S/C22H37O4P/c1-4-6-7-8-9-10-11-12-13-16-19-26-22(23)20-17-14-15-18-21(20)27(24,5-2)25-3/h14-15,17-18H,4-13,16,19H2,1-3H3. The van der Waals surface area contributed by atoms with E-state index >= 15 is 0 Å². The highest BCUT2D eigenvalue weighted by atomic mass is 31.2. The zero-order chi connectivity index (χ0) is 20.0. The Morgan fingerprint density at radius 1 is 0.889 bits per heavy atom. The first-order chi connectivity index (χ1) is 13.1. The zero-order valence-corrected chi connectivity index (χ0v) is 18.3. The van der Waals surface area contributed by atoms with E-state index < -0.39 is 13.3 Å². The summed E-state index contributed by atoms with van der Waals surface area (Å²) in [5, 5.41) is 0.461. The fraction of sp³-hybridized carbons (Fsp3) is 0.682. The molecule has 1 rings (SSSR count). The summed E-state index contributed by atoms with van der Waals surface area (Å²) >= 11 is 0. The largest absolute Gasteiger partial charge is 0.462 e. The molecule has 0 N–H and O–H groups in total. The Hall–Kier alpha value is -1.12. The van der Waals surface area contributed by atoms with Crippen LogP contribution in [0, 0.1) is 0 Å². The number of ether oxygens (including phenoxy) is 1. The highest BCUT2D eigenvalue weighted by Crippen LogP contribution is 2.45. The summed E-state index contributed by atoms with van der Waals surface area (Å²) in [6.45, 7) is 4.45. The second kappa shape index (κ2) is 14.0. The number of unbranched alkanes of at least 4 members (excludes halogenated alkanes) is 9. The van der Waals surface area contributed by atoms with Crippen LogP contribution in [-0.2, 0) is 13.8 Å². The van der Waals surface area contributed by atoms with E-state index in [-0.39, 0.29) is 0 Å². The summed E-state index contributed by atoms with van der Waals surface area (Å²) in [4.78, 5) is 12.4. The van der Waals surface area contributed by atoms with E-state index in [9.17, 15) is 9.36 Å². The summed E-state index contributed by atoms with van der Waals surface area (Å²) in [6, 6.07) is 6.90. The molecular weight excluding hydrogens is 359 g/mol. The van der Waals surface area contributed by atoms with Gasteiger partial charge in [0.15, 0.2) is 0 Å². The molecule has 0 radical (unpaired) electrons. The van der Waals surface area contributed by atoms with Crippen molar-refractivity contribution >= 4 is 18.6 Å². The van der Waals surface area contributed by atoms with Gasteiger partial charge in [0, 0.05) is 13.3 Å². The quantitative estimate of drug-likeness (QED) is 0.197. The van der Waals surface area contributed by atoms with E-state index in [0.29, 0.717) is 23.6 Å². The third-order valence-corrected chi connectivity index (χ3v) is 7.48. The highest BCUT2D eigenvalue weighted by Gasteiger charge is 2.28. The lowest BCUT2D eigenvalue weighted by molar-refractivity contribution is 0.0499. The molecule has 0 aliphatic heterocycles. The molecule has 27 heavy (non-hydrogen) atoms. The van der Waals surface area contributed by atoms with Gasteiger partial charge >= 0.3 is 5.97 Å². The molecule has 1 atom stereocenters. The molecule has 0 saturated heterocycles. The summed E-state index contributed by atoms with van der Waals surface area (Å²) in [7, 11) is -1.57. The molecule has 1 aromatic carbocycles. The molecule has 154 valence electrons. The molecule has 0 aromatic heterocycles. The van der Waals surface area contributed by atoms with Crippen LogP contribution >= 0.6 is 7.37 Å². The fourth-order valence-electron chi connectivity index (χ4n) is 3.17. The van der Waals surface area contributed by atoms with Crippen molar-refractivity contribution in [3.63, 3.8) is 0 Å². The molecule has 1 unspecified atom stereocenters. The van der Waals surface area contributed by atoms with Gasteiger partial charge in [0.05, 0.1) is 17.5 Å². The first-order valence-electron chi connectivity index (χ1n) is 10.5. The van der Waals surface area contributed by atoms with Gasteiger partial charge in [0.2, 0.25) is 7.37 Å². The van der Waals surface area contributed by atoms with Crippen LogP contribution in [0.3, 0.4) is 0 Å². The molecule has 5 heteroatoms. The number of esters is 1. The van der Waals surface area contributed by atoms with Gasteiger partial charge in [0.1, 0.15) is 0 Å². The van der Waals surface area contributed by atoms with Gasteiger partial charge in [-0.3, -0.25) is 4.57 Å². The topological polar surface area (TPSA) is 52.6 Å². The van der Waals surface area contributed by atoms with Crippen molar-refractivity contribution in [3.8, 4) is 0 Å². The first kappa shape index (κ1) is 23.9. The van der Waals surface area contributed by atoms with Crippen molar-refractivity contribution in [2.75, 3.05) is 19.9 Å². The Labute approximate surface area is 165 Å². The SMILES string of the molecule is CCCCCCCCCCCCOC(=O)c1ccccc1P(=O)(CC)OC. The van der Waals surface area contributed by atoms with Crippen molar-refractivity contribution < 1.29 is 18.6 Å². The predicted octanol–water partition coefficient (Wildman–Crippen LogP) is 6.33. The third-order valence-electron chi connectivity index (χ3n) is 4.93. The predicted molar refractivity (Wildman–Crippen MR) is 113 cm³/mol. The van der Waals surface area contributed by atoms with Crippen molar-refractivity contribution in [2.45, 2.75) is 78.1 Å². The summed E-state index contributed by atoms with van der Waals surface area (Å²) in [5.41, 5.74) is 0.358. The Kier molecular flexibility index (Phi) is 12.4. The van der Waals surface area contributed by atoms with Crippen molar-refractivity contribution in [3.05, 3.63) is 29.8 Å². The average Bonchev–Trinajstić information content (AvgIpc) is 2.71. The Morgan fingerprint density at radius 2 is 1.44 bits per heavy atom. The van der Waals surface area contributed by atoms with Crippen LogP contribution < -0.4 is 5.30 Å². The van der Waals surface area contributed by atoms with Gasteiger partial charge in [-0.05, 0) is 18.6 Å². The van der Waals surface area contributed by atoms with Crippen LogP contribution in [0.1, 0.15) is 88.4 Å². The normalized spacial score (nSPS) is 13.3. The lowest BCUT2D eigenvalue weighted by Crippen LogP contribution is -2.20. The van der Waals surface area contributed by atoms with E-state index in [2.05, 4.69) is 6.92 Å². The zero-order valence-electron chi connectivity index (χ0n) is 17.4. The monoisotopic (exact) mass is 396 g/mol. The molecule has 0 amide bonds. The second-order valence-corrected chi connectivity index (χ2v) is 9.83. The maximum Gasteiger partial charge on any atom is 0.338 e. The van der Waals surface area contributed by atoms with Crippen LogP contribution in [0.2, 0.25) is 0 Å². The molecule has 0 heterocycles. The molecule has 0 spiro atoms. The van der Waals surface area contributed by atoms with Crippen LogP contribution in [0.25, 0.3) is 0 Å². The minimum absolute atomic E-state index is 0.353. The number of hydrogen-bond donors (Lipinski definition) is 0. The third kappa shape index (κ3) is 8.62. The van der Waals surface area contributed by atoms with Gasteiger partial charge in [-0.2, -0.15) is 0 Å².